The molecule has 168 valence electrons. The molecule has 1 aliphatic rings. The maximum absolute atomic E-state index is 13.5. The molecule has 0 atom stereocenters. The first kappa shape index (κ1) is 21.8. The Labute approximate surface area is 187 Å². The summed E-state index contributed by atoms with van der Waals surface area (Å²) < 4.78 is 21.5. The van der Waals surface area contributed by atoms with E-state index in [1.165, 1.54) is 12.1 Å². The molecule has 32 heavy (non-hydrogen) atoms. The number of aromatic nitrogens is 2. The molecule has 7 nitrogen and oxygen atoms in total. The van der Waals surface area contributed by atoms with Crippen LogP contribution in [-0.4, -0.2) is 64.8 Å². The normalized spacial score (nSPS) is 14.4. The van der Waals surface area contributed by atoms with Crippen LogP contribution >= 0.6 is 0 Å². The summed E-state index contributed by atoms with van der Waals surface area (Å²) in [6.07, 6.45) is 1.75. The Morgan fingerprint density at radius 1 is 1.09 bits per heavy atom. The quantitative estimate of drug-likeness (QED) is 0.613. The van der Waals surface area contributed by atoms with Gasteiger partial charge < -0.3 is 15.0 Å². The van der Waals surface area contributed by atoms with E-state index in [0.29, 0.717) is 12.3 Å². The Morgan fingerprint density at radius 2 is 1.88 bits per heavy atom. The number of nitrogens with one attached hydrogen (secondary N) is 1. The second-order valence-electron chi connectivity index (χ2n) is 7.88. The number of aryl methyl sites for hydroxylation is 1. The average Bonchev–Trinajstić information content (AvgIpc) is 3.20. The average molecular weight is 438 g/mol. The van der Waals surface area contributed by atoms with Crippen LogP contribution in [0.2, 0.25) is 0 Å². The summed E-state index contributed by atoms with van der Waals surface area (Å²) in [5.74, 6) is 0.611. The molecule has 4 rings (SSSR count). The Morgan fingerprint density at radius 3 is 2.56 bits per heavy atom. The molecule has 1 saturated heterocycles. The SMILES string of the molecule is CC(=O)N1CCN(CCOc2ccc(Nc3cccc(F)c3)cc2-c2ccnn2C)CC1. The lowest BCUT2D eigenvalue weighted by molar-refractivity contribution is -0.130. The summed E-state index contributed by atoms with van der Waals surface area (Å²) in [6, 6.07) is 14.2. The van der Waals surface area contributed by atoms with Crippen LogP contribution < -0.4 is 10.1 Å². The van der Waals surface area contributed by atoms with Gasteiger partial charge in [0.2, 0.25) is 5.91 Å². The van der Waals surface area contributed by atoms with E-state index < -0.39 is 0 Å². The van der Waals surface area contributed by atoms with Gasteiger partial charge in [0.15, 0.2) is 0 Å². The van der Waals surface area contributed by atoms with Crippen LogP contribution in [0.1, 0.15) is 6.92 Å². The molecule has 0 unspecified atom stereocenters. The number of amides is 1. The van der Waals surface area contributed by atoms with Crippen LogP contribution in [-0.2, 0) is 11.8 Å². The van der Waals surface area contributed by atoms with Crippen LogP contribution in [0.3, 0.4) is 0 Å². The second-order valence-corrected chi connectivity index (χ2v) is 7.88. The number of halogens is 1. The first-order valence-corrected chi connectivity index (χ1v) is 10.8. The van der Waals surface area contributed by atoms with Crippen LogP contribution in [0.15, 0.2) is 54.7 Å². The third-order valence-electron chi connectivity index (χ3n) is 5.67. The zero-order valence-electron chi connectivity index (χ0n) is 18.4. The van der Waals surface area contributed by atoms with Crippen LogP contribution in [0.25, 0.3) is 11.3 Å². The topological polar surface area (TPSA) is 62.6 Å². The summed E-state index contributed by atoms with van der Waals surface area (Å²) in [4.78, 5) is 15.7. The first-order chi connectivity index (χ1) is 15.5. The highest BCUT2D eigenvalue weighted by Gasteiger charge is 2.18. The van der Waals surface area contributed by atoms with Crippen LogP contribution in [0, 0.1) is 5.82 Å². The van der Waals surface area contributed by atoms with Gasteiger partial charge in [-0.05, 0) is 42.5 Å². The summed E-state index contributed by atoms with van der Waals surface area (Å²) in [7, 11) is 1.89. The summed E-state index contributed by atoms with van der Waals surface area (Å²) in [6.45, 7) is 6.18. The number of hydrogen-bond acceptors (Lipinski definition) is 5. The molecule has 1 N–H and O–H groups in total. The molecular formula is C24H28FN5O2. The number of piperazine rings is 1. The molecule has 8 heteroatoms. The third kappa shape index (κ3) is 5.26. The van der Waals surface area contributed by atoms with Gasteiger partial charge in [-0.15, -0.1) is 0 Å². The lowest BCUT2D eigenvalue weighted by Gasteiger charge is -2.34. The molecule has 0 saturated carbocycles. The van der Waals surface area contributed by atoms with E-state index in [9.17, 15) is 9.18 Å². The van der Waals surface area contributed by atoms with Gasteiger partial charge in [0, 0.05) is 69.8 Å². The van der Waals surface area contributed by atoms with Gasteiger partial charge in [-0.3, -0.25) is 14.4 Å². The fourth-order valence-electron chi connectivity index (χ4n) is 3.88. The minimum Gasteiger partial charge on any atom is -0.492 e. The predicted molar refractivity (Wildman–Crippen MR) is 123 cm³/mol. The number of rotatable bonds is 7. The van der Waals surface area contributed by atoms with Crippen LogP contribution in [0.5, 0.6) is 5.75 Å². The van der Waals surface area contributed by atoms with Gasteiger partial charge in [0.05, 0.1) is 5.69 Å². The molecule has 0 spiro atoms. The zero-order valence-corrected chi connectivity index (χ0v) is 18.4. The molecule has 1 aromatic heterocycles. The molecule has 1 fully saturated rings. The Bertz CT molecular complexity index is 1080. The molecule has 2 heterocycles. The minimum absolute atomic E-state index is 0.133. The number of nitrogens with zero attached hydrogens (tertiary/aromatic N) is 4. The molecule has 0 aliphatic carbocycles. The van der Waals surface area contributed by atoms with Crippen molar-refractivity contribution in [1.29, 1.82) is 0 Å². The highest BCUT2D eigenvalue weighted by Crippen LogP contribution is 2.33. The standard InChI is InChI=1S/C24H28FN5O2/c1-18(31)30-12-10-29(11-13-30)14-15-32-24-7-6-21(27-20-5-3-4-19(25)16-20)17-22(24)23-8-9-26-28(23)2/h3-9,16-17,27H,10-15H2,1-2H3. The second kappa shape index (κ2) is 9.82. The number of carbonyl (C=O) groups excluding carboxylic acids is 1. The van der Waals surface area contributed by atoms with Crippen molar-refractivity contribution in [2.45, 2.75) is 6.92 Å². The van der Waals surface area contributed by atoms with Gasteiger partial charge in [-0.25, -0.2) is 4.39 Å². The fourth-order valence-corrected chi connectivity index (χ4v) is 3.88. The largest absolute Gasteiger partial charge is 0.492 e. The van der Waals surface area contributed by atoms with E-state index in [2.05, 4.69) is 15.3 Å². The summed E-state index contributed by atoms with van der Waals surface area (Å²) in [5.41, 5.74) is 3.35. The van der Waals surface area contributed by atoms with Crippen molar-refractivity contribution in [2.75, 3.05) is 44.6 Å². The van der Waals surface area contributed by atoms with Crippen molar-refractivity contribution in [1.82, 2.24) is 19.6 Å². The molecule has 3 aromatic rings. The molecule has 2 aromatic carbocycles. The van der Waals surface area contributed by atoms with Gasteiger partial charge in [-0.2, -0.15) is 5.10 Å². The van der Waals surface area contributed by atoms with E-state index in [1.807, 2.05) is 42.3 Å². The number of anilines is 2. The molecular weight excluding hydrogens is 409 g/mol. The highest BCUT2D eigenvalue weighted by atomic mass is 19.1. The Balaban J connectivity index is 1.45. The van der Waals surface area contributed by atoms with Gasteiger partial charge in [0.1, 0.15) is 18.2 Å². The first-order valence-electron chi connectivity index (χ1n) is 10.8. The van der Waals surface area contributed by atoms with Crippen molar-refractivity contribution in [3.8, 4) is 17.0 Å². The predicted octanol–water partition coefficient (Wildman–Crippen LogP) is 3.51. The van der Waals surface area contributed by atoms with Crippen molar-refractivity contribution in [3.63, 3.8) is 0 Å². The zero-order chi connectivity index (χ0) is 22.5. The number of hydrogen-bond donors (Lipinski definition) is 1. The molecule has 1 amide bonds. The summed E-state index contributed by atoms with van der Waals surface area (Å²) >= 11 is 0. The summed E-state index contributed by atoms with van der Waals surface area (Å²) in [5, 5.41) is 7.53. The number of carbonyl (C=O) groups is 1. The van der Waals surface area contributed by atoms with Crippen molar-refractivity contribution < 1.29 is 13.9 Å². The lowest BCUT2D eigenvalue weighted by Crippen LogP contribution is -2.48. The van der Waals surface area contributed by atoms with E-state index in [-0.39, 0.29) is 11.7 Å². The lowest BCUT2D eigenvalue weighted by atomic mass is 10.1. The Hall–Kier alpha value is -3.39. The van der Waals surface area contributed by atoms with Gasteiger partial charge in [-0.1, -0.05) is 6.07 Å². The van der Waals surface area contributed by atoms with E-state index in [1.54, 1.807) is 23.9 Å². The number of ether oxygens (including phenoxy) is 1. The molecule has 0 radical (unpaired) electrons. The fraction of sp³-hybridized carbons (Fsp3) is 0.333. The van der Waals surface area contributed by atoms with Gasteiger partial charge >= 0.3 is 0 Å². The highest BCUT2D eigenvalue weighted by molar-refractivity contribution is 5.74. The molecule has 0 bridgehead atoms. The van der Waals surface area contributed by atoms with E-state index >= 15 is 0 Å². The van der Waals surface area contributed by atoms with Crippen molar-refractivity contribution in [3.05, 3.63) is 60.5 Å². The van der Waals surface area contributed by atoms with Crippen molar-refractivity contribution >= 4 is 17.3 Å². The van der Waals surface area contributed by atoms with E-state index in [4.69, 9.17) is 4.74 Å². The molecule has 1 aliphatic heterocycles. The van der Waals surface area contributed by atoms with Crippen LogP contribution in [0.4, 0.5) is 15.8 Å². The van der Waals surface area contributed by atoms with Gasteiger partial charge in [0.25, 0.3) is 0 Å². The monoisotopic (exact) mass is 437 g/mol. The van der Waals surface area contributed by atoms with Crippen molar-refractivity contribution in [2.24, 2.45) is 7.05 Å². The Kier molecular flexibility index (Phi) is 6.70. The third-order valence-corrected chi connectivity index (χ3v) is 5.67. The smallest absolute Gasteiger partial charge is 0.219 e. The van der Waals surface area contributed by atoms with E-state index in [0.717, 1.165) is 55.4 Å². The number of benzene rings is 2. The maximum Gasteiger partial charge on any atom is 0.219 e. The maximum atomic E-state index is 13.5. The minimum atomic E-state index is -0.286.